The third-order valence-electron chi connectivity index (χ3n) is 2.30. The maximum Gasteiger partial charge on any atom is 0.303 e. The Morgan fingerprint density at radius 3 is 2.35 bits per heavy atom. The number of rotatable bonds is 3. The van der Waals surface area contributed by atoms with Crippen molar-refractivity contribution in [3.8, 4) is 0 Å². The molecule has 1 aliphatic rings. The third kappa shape index (κ3) is 3.95. The lowest BCUT2D eigenvalue weighted by molar-refractivity contribution is -0.251. The highest BCUT2D eigenvalue weighted by molar-refractivity contribution is 5.67. The van der Waals surface area contributed by atoms with Gasteiger partial charge in [-0.05, 0) is 0 Å². The van der Waals surface area contributed by atoms with E-state index in [2.05, 4.69) is 0 Å². The van der Waals surface area contributed by atoms with Crippen molar-refractivity contribution in [2.24, 2.45) is 0 Å². The van der Waals surface area contributed by atoms with Crippen LogP contribution in [0.4, 0.5) is 0 Å². The van der Waals surface area contributed by atoms with Crippen LogP contribution in [-0.2, 0) is 23.8 Å². The van der Waals surface area contributed by atoms with Gasteiger partial charge in [-0.3, -0.25) is 9.59 Å². The van der Waals surface area contributed by atoms with Gasteiger partial charge in [0.15, 0.2) is 12.4 Å². The van der Waals surface area contributed by atoms with Gasteiger partial charge in [0.2, 0.25) is 0 Å². The molecule has 4 atom stereocenters. The highest BCUT2D eigenvalue weighted by Crippen LogP contribution is 2.24. The standard InChI is InChI=1S/C10H16O7/c1-5(12)15-7-3-9(14)17-8(4-11)10(7)16-6(2)13/h7-11,14H,3-4H2,1-2H3/t7-,8-,9-,10-/m0/s1. The lowest BCUT2D eigenvalue weighted by Gasteiger charge is -2.37. The van der Waals surface area contributed by atoms with Crippen molar-refractivity contribution >= 4 is 11.9 Å². The van der Waals surface area contributed by atoms with Gasteiger partial charge in [0.1, 0.15) is 12.2 Å². The maximum atomic E-state index is 10.9. The lowest BCUT2D eigenvalue weighted by Crippen LogP contribution is -2.53. The van der Waals surface area contributed by atoms with Gasteiger partial charge in [0.05, 0.1) is 6.61 Å². The molecule has 1 heterocycles. The van der Waals surface area contributed by atoms with E-state index in [-0.39, 0.29) is 6.42 Å². The van der Waals surface area contributed by atoms with Crippen LogP contribution < -0.4 is 0 Å². The van der Waals surface area contributed by atoms with Crippen molar-refractivity contribution in [2.75, 3.05) is 6.61 Å². The number of carbonyl (C=O) groups is 2. The van der Waals surface area contributed by atoms with E-state index in [1.165, 1.54) is 13.8 Å². The molecule has 7 heteroatoms. The number of aliphatic hydroxyl groups is 2. The molecule has 1 saturated heterocycles. The quantitative estimate of drug-likeness (QED) is 0.614. The number of ether oxygens (including phenoxy) is 3. The van der Waals surface area contributed by atoms with Crippen molar-refractivity contribution in [1.82, 2.24) is 0 Å². The molecular weight excluding hydrogens is 232 g/mol. The Hall–Kier alpha value is -1.18. The largest absolute Gasteiger partial charge is 0.458 e. The molecule has 0 bridgehead atoms. The predicted molar refractivity (Wildman–Crippen MR) is 53.7 cm³/mol. The second kappa shape index (κ2) is 5.95. The van der Waals surface area contributed by atoms with E-state index in [0.29, 0.717) is 0 Å². The first-order valence-corrected chi connectivity index (χ1v) is 5.23. The summed E-state index contributed by atoms with van der Waals surface area (Å²) in [5.74, 6) is -1.14. The van der Waals surface area contributed by atoms with Crippen LogP contribution in [0.25, 0.3) is 0 Å². The van der Waals surface area contributed by atoms with Gasteiger partial charge in [0, 0.05) is 20.3 Å². The predicted octanol–water partition coefficient (Wildman–Crippen LogP) is -1.05. The smallest absolute Gasteiger partial charge is 0.303 e. The van der Waals surface area contributed by atoms with Gasteiger partial charge in [-0.15, -0.1) is 0 Å². The lowest BCUT2D eigenvalue weighted by atomic mass is 10.0. The van der Waals surface area contributed by atoms with Crippen molar-refractivity contribution in [3.05, 3.63) is 0 Å². The van der Waals surface area contributed by atoms with Crippen LogP contribution in [0.15, 0.2) is 0 Å². The Kier molecular flexibility index (Phi) is 4.86. The van der Waals surface area contributed by atoms with Crippen LogP contribution in [0.5, 0.6) is 0 Å². The zero-order valence-electron chi connectivity index (χ0n) is 9.66. The van der Waals surface area contributed by atoms with Crippen LogP contribution in [-0.4, -0.2) is 53.4 Å². The number of hydrogen-bond donors (Lipinski definition) is 2. The van der Waals surface area contributed by atoms with Crippen molar-refractivity contribution < 1.29 is 34.0 Å². The molecule has 0 radical (unpaired) electrons. The Morgan fingerprint density at radius 2 is 1.88 bits per heavy atom. The molecule has 0 saturated carbocycles. The normalized spacial score (nSPS) is 32.9. The fourth-order valence-electron chi connectivity index (χ4n) is 1.73. The summed E-state index contributed by atoms with van der Waals surface area (Å²) < 4.78 is 14.9. The topological polar surface area (TPSA) is 102 Å². The van der Waals surface area contributed by atoms with Crippen LogP contribution in [0.2, 0.25) is 0 Å². The van der Waals surface area contributed by atoms with Crippen LogP contribution in [0.3, 0.4) is 0 Å². The van der Waals surface area contributed by atoms with E-state index in [9.17, 15) is 14.7 Å². The molecule has 0 amide bonds. The zero-order chi connectivity index (χ0) is 13.0. The summed E-state index contributed by atoms with van der Waals surface area (Å²) in [5.41, 5.74) is 0. The molecule has 0 aromatic heterocycles. The summed E-state index contributed by atoms with van der Waals surface area (Å²) >= 11 is 0. The summed E-state index contributed by atoms with van der Waals surface area (Å²) in [6, 6.07) is 0. The zero-order valence-corrected chi connectivity index (χ0v) is 9.66. The molecule has 0 spiro atoms. The monoisotopic (exact) mass is 248 g/mol. The molecule has 1 aliphatic heterocycles. The van der Waals surface area contributed by atoms with Gasteiger partial charge in [-0.1, -0.05) is 0 Å². The first kappa shape index (κ1) is 13.9. The number of esters is 2. The Labute approximate surface area is 98.3 Å². The van der Waals surface area contributed by atoms with Crippen LogP contribution in [0.1, 0.15) is 20.3 Å². The van der Waals surface area contributed by atoms with E-state index < -0.39 is 43.1 Å². The molecule has 0 aromatic carbocycles. The minimum absolute atomic E-state index is 0.00593. The molecule has 0 aliphatic carbocycles. The van der Waals surface area contributed by atoms with Crippen molar-refractivity contribution in [2.45, 2.75) is 44.9 Å². The summed E-state index contributed by atoms with van der Waals surface area (Å²) in [6.45, 7) is 1.96. The molecule has 1 fully saturated rings. The molecular formula is C10H16O7. The average Bonchev–Trinajstić information content (AvgIpc) is 2.20. The average molecular weight is 248 g/mol. The first-order chi connectivity index (χ1) is 7.93. The molecule has 0 aromatic rings. The van der Waals surface area contributed by atoms with Gasteiger partial charge in [0.25, 0.3) is 0 Å². The van der Waals surface area contributed by atoms with E-state index in [4.69, 9.17) is 19.3 Å². The summed E-state index contributed by atoms with van der Waals surface area (Å²) in [6.07, 6.45) is -3.81. The second-order valence-electron chi connectivity index (χ2n) is 3.77. The van der Waals surface area contributed by atoms with E-state index in [1.54, 1.807) is 0 Å². The number of carbonyl (C=O) groups excluding carboxylic acids is 2. The Morgan fingerprint density at radius 1 is 1.29 bits per heavy atom. The fraction of sp³-hybridized carbons (Fsp3) is 0.800. The van der Waals surface area contributed by atoms with E-state index >= 15 is 0 Å². The van der Waals surface area contributed by atoms with Crippen LogP contribution >= 0.6 is 0 Å². The Balaban J connectivity index is 2.78. The third-order valence-corrected chi connectivity index (χ3v) is 2.30. The first-order valence-electron chi connectivity index (χ1n) is 5.23. The summed E-state index contributed by atoms with van der Waals surface area (Å²) in [5, 5.41) is 18.5. The second-order valence-corrected chi connectivity index (χ2v) is 3.77. The van der Waals surface area contributed by atoms with Crippen LogP contribution in [0, 0.1) is 0 Å². The number of hydrogen-bond acceptors (Lipinski definition) is 7. The minimum atomic E-state index is -1.16. The highest BCUT2D eigenvalue weighted by atomic mass is 16.7. The molecule has 2 N–H and O–H groups in total. The van der Waals surface area contributed by atoms with Gasteiger partial charge in [-0.25, -0.2) is 0 Å². The van der Waals surface area contributed by atoms with Crippen molar-refractivity contribution in [3.63, 3.8) is 0 Å². The molecule has 7 nitrogen and oxygen atoms in total. The van der Waals surface area contributed by atoms with Gasteiger partial charge >= 0.3 is 11.9 Å². The van der Waals surface area contributed by atoms with Gasteiger partial charge < -0.3 is 24.4 Å². The van der Waals surface area contributed by atoms with E-state index in [1.807, 2.05) is 0 Å². The Bertz CT molecular complexity index is 290. The number of aliphatic hydroxyl groups excluding tert-OH is 2. The highest BCUT2D eigenvalue weighted by Gasteiger charge is 2.42. The van der Waals surface area contributed by atoms with E-state index in [0.717, 1.165) is 0 Å². The maximum absolute atomic E-state index is 10.9. The van der Waals surface area contributed by atoms with Crippen molar-refractivity contribution in [1.29, 1.82) is 0 Å². The molecule has 98 valence electrons. The molecule has 0 unspecified atom stereocenters. The molecule has 1 rings (SSSR count). The SMILES string of the molecule is CC(=O)O[C@H]1[C@@H](OC(C)=O)C[C@@H](O)O[C@H]1CO. The summed E-state index contributed by atoms with van der Waals surface area (Å²) in [7, 11) is 0. The fourth-order valence-corrected chi connectivity index (χ4v) is 1.73. The summed E-state index contributed by atoms with van der Waals surface area (Å²) in [4.78, 5) is 21.8. The minimum Gasteiger partial charge on any atom is -0.458 e. The molecule has 17 heavy (non-hydrogen) atoms. The van der Waals surface area contributed by atoms with Gasteiger partial charge in [-0.2, -0.15) is 0 Å².